The largest absolute Gasteiger partial charge is 0.381 e. The van der Waals surface area contributed by atoms with Crippen LogP contribution in [0.25, 0.3) is 0 Å². The fourth-order valence-corrected chi connectivity index (χ4v) is 2.10. The molecule has 0 bridgehead atoms. The second-order valence-electron chi connectivity index (χ2n) is 5.21. The van der Waals surface area contributed by atoms with Gasteiger partial charge in [0.2, 0.25) is 0 Å². The van der Waals surface area contributed by atoms with Crippen molar-refractivity contribution in [1.82, 2.24) is 0 Å². The van der Waals surface area contributed by atoms with Crippen LogP contribution in [0.2, 0.25) is 0 Å². The molecule has 0 saturated heterocycles. The van der Waals surface area contributed by atoms with Crippen LogP contribution in [0.3, 0.4) is 0 Å². The highest BCUT2D eigenvalue weighted by atomic mass is 16.5. The lowest BCUT2D eigenvalue weighted by molar-refractivity contribution is 0.125. The van der Waals surface area contributed by atoms with Crippen molar-refractivity contribution >= 4 is 0 Å². The number of hydrogen-bond acceptors (Lipinski definition) is 1. The summed E-state index contributed by atoms with van der Waals surface area (Å²) in [6.07, 6.45) is 14.9. The first-order valence-corrected chi connectivity index (χ1v) is 8.07. The van der Waals surface area contributed by atoms with E-state index in [0.717, 1.165) is 26.1 Å². The van der Waals surface area contributed by atoms with Crippen LogP contribution in [0.1, 0.15) is 84.0 Å². The van der Waals surface area contributed by atoms with Crippen LogP contribution in [-0.2, 0) is 9.84 Å². The van der Waals surface area contributed by atoms with Crippen LogP contribution in [-0.4, -0.2) is 19.8 Å². The number of unbranched alkanes of at least 4 members (excludes halogenated alkanes) is 10. The van der Waals surface area contributed by atoms with E-state index < -0.39 is 0 Å². The SMILES string of the molecule is CCCCCCCCOCCCCCCCC[O]. The normalized spacial score (nSPS) is 11.0. The third-order valence-electron chi connectivity index (χ3n) is 3.33. The zero-order valence-electron chi connectivity index (χ0n) is 12.4. The molecule has 0 aliphatic rings. The van der Waals surface area contributed by atoms with Crippen molar-refractivity contribution < 1.29 is 9.84 Å². The maximum Gasteiger partial charge on any atom is 0.0822 e. The summed E-state index contributed by atoms with van der Waals surface area (Å²) in [5, 5.41) is 10.2. The van der Waals surface area contributed by atoms with Crippen molar-refractivity contribution in [2.75, 3.05) is 19.8 Å². The van der Waals surface area contributed by atoms with E-state index in [1.54, 1.807) is 0 Å². The molecule has 0 heterocycles. The van der Waals surface area contributed by atoms with Crippen molar-refractivity contribution in [2.45, 2.75) is 84.0 Å². The summed E-state index contributed by atoms with van der Waals surface area (Å²) in [6, 6.07) is 0. The third-order valence-corrected chi connectivity index (χ3v) is 3.33. The van der Waals surface area contributed by atoms with Gasteiger partial charge in [-0.25, -0.2) is 5.11 Å². The molecule has 0 aromatic heterocycles. The molecule has 0 saturated carbocycles. The predicted octanol–water partition coefficient (Wildman–Crippen LogP) is 5.13. The zero-order valence-corrected chi connectivity index (χ0v) is 12.4. The molecule has 0 unspecified atom stereocenters. The van der Waals surface area contributed by atoms with Gasteiger partial charge in [0.25, 0.3) is 0 Å². The van der Waals surface area contributed by atoms with Crippen LogP contribution >= 0.6 is 0 Å². The molecular weight excluding hydrogens is 224 g/mol. The van der Waals surface area contributed by atoms with Gasteiger partial charge in [-0.1, -0.05) is 64.7 Å². The number of ether oxygens (including phenoxy) is 1. The van der Waals surface area contributed by atoms with Gasteiger partial charge in [-0.3, -0.25) is 0 Å². The Balaban J connectivity index is 2.86. The van der Waals surface area contributed by atoms with E-state index in [1.807, 2.05) is 0 Å². The third kappa shape index (κ3) is 15.9. The first kappa shape index (κ1) is 17.9. The fraction of sp³-hybridized carbons (Fsp3) is 1.00. The monoisotopic (exact) mass is 257 g/mol. The second-order valence-corrected chi connectivity index (χ2v) is 5.21. The van der Waals surface area contributed by atoms with Gasteiger partial charge < -0.3 is 4.74 Å². The van der Waals surface area contributed by atoms with E-state index in [9.17, 15) is 5.11 Å². The van der Waals surface area contributed by atoms with Crippen molar-refractivity contribution in [3.05, 3.63) is 0 Å². The first-order valence-electron chi connectivity index (χ1n) is 8.07. The quantitative estimate of drug-likeness (QED) is 0.374. The minimum atomic E-state index is 0.0986. The van der Waals surface area contributed by atoms with E-state index >= 15 is 0 Å². The molecule has 2 heteroatoms. The Morgan fingerprint density at radius 2 is 1.06 bits per heavy atom. The predicted molar refractivity (Wildman–Crippen MR) is 77.5 cm³/mol. The molecule has 0 aliphatic heterocycles. The van der Waals surface area contributed by atoms with Gasteiger partial charge in [0.1, 0.15) is 0 Å². The Morgan fingerprint density at radius 1 is 0.611 bits per heavy atom. The van der Waals surface area contributed by atoms with Crippen molar-refractivity contribution in [3.63, 3.8) is 0 Å². The van der Waals surface area contributed by atoms with E-state index in [4.69, 9.17) is 4.74 Å². The lowest BCUT2D eigenvalue weighted by Gasteiger charge is -2.04. The average molecular weight is 257 g/mol. The number of hydrogen-bond donors (Lipinski definition) is 0. The first-order chi connectivity index (χ1) is 8.91. The Hall–Kier alpha value is -0.0800. The summed E-state index contributed by atoms with van der Waals surface area (Å²) in [7, 11) is 0. The van der Waals surface area contributed by atoms with E-state index in [0.29, 0.717) is 0 Å². The van der Waals surface area contributed by atoms with Crippen molar-refractivity contribution in [3.8, 4) is 0 Å². The topological polar surface area (TPSA) is 29.1 Å². The molecule has 2 nitrogen and oxygen atoms in total. The van der Waals surface area contributed by atoms with Gasteiger partial charge in [0.15, 0.2) is 0 Å². The van der Waals surface area contributed by atoms with Crippen LogP contribution in [0.15, 0.2) is 0 Å². The Kier molecular flexibility index (Phi) is 16.8. The summed E-state index contributed by atoms with van der Waals surface area (Å²) in [5.74, 6) is 0. The highest BCUT2D eigenvalue weighted by molar-refractivity contribution is 4.46. The molecule has 1 radical (unpaired) electrons. The molecule has 0 fully saturated rings. The molecule has 0 aromatic carbocycles. The van der Waals surface area contributed by atoms with Gasteiger partial charge in [-0.05, 0) is 19.3 Å². The molecule has 0 N–H and O–H groups in total. The molecule has 109 valence electrons. The molecule has 0 amide bonds. The smallest absolute Gasteiger partial charge is 0.0822 e. The van der Waals surface area contributed by atoms with Crippen LogP contribution in [0.4, 0.5) is 0 Å². The summed E-state index contributed by atoms with van der Waals surface area (Å²) >= 11 is 0. The summed E-state index contributed by atoms with van der Waals surface area (Å²) in [4.78, 5) is 0. The van der Waals surface area contributed by atoms with Gasteiger partial charge in [0, 0.05) is 13.2 Å². The Morgan fingerprint density at radius 3 is 1.56 bits per heavy atom. The molecular formula is C16H33O2. The van der Waals surface area contributed by atoms with Gasteiger partial charge in [-0.2, -0.15) is 0 Å². The Bertz CT molecular complexity index is 121. The van der Waals surface area contributed by atoms with Crippen molar-refractivity contribution in [1.29, 1.82) is 0 Å². The lowest BCUT2D eigenvalue weighted by Crippen LogP contribution is -1.97. The standard InChI is InChI=1S/C16H33O2/c1-2-3-4-5-9-12-15-18-16-13-10-7-6-8-11-14-17/h2-16H2,1H3. The molecule has 0 atom stereocenters. The summed E-state index contributed by atoms with van der Waals surface area (Å²) < 4.78 is 5.62. The maximum absolute atomic E-state index is 10.2. The summed E-state index contributed by atoms with van der Waals surface area (Å²) in [5.41, 5.74) is 0. The summed E-state index contributed by atoms with van der Waals surface area (Å²) in [6.45, 7) is 4.23. The van der Waals surface area contributed by atoms with Crippen LogP contribution in [0, 0.1) is 0 Å². The molecule has 0 spiro atoms. The zero-order chi connectivity index (χ0) is 13.3. The van der Waals surface area contributed by atoms with Gasteiger partial charge in [-0.15, -0.1) is 0 Å². The average Bonchev–Trinajstić information content (AvgIpc) is 2.39. The Labute approximate surface area is 114 Å². The molecule has 0 aromatic rings. The molecule has 0 aliphatic carbocycles. The molecule has 18 heavy (non-hydrogen) atoms. The van der Waals surface area contributed by atoms with E-state index in [-0.39, 0.29) is 6.61 Å². The van der Waals surface area contributed by atoms with E-state index in [2.05, 4.69) is 6.92 Å². The van der Waals surface area contributed by atoms with Crippen LogP contribution < -0.4 is 0 Å². The highest BCUT2D eigenvalue weighted by Crippen LogP contribution is 2.07. The lowest BCUT2D eigenvalue weighted by atomic mass is 10.1. The van der Waals surface area contributed by atoms with Crippen molar-refractivity contribution in [2.24, 2.45) is 0 Å². The maximum atomic E-state index is 10.2. The van der Waals surface area contributed by atoms with E-state index in [1.165, 1.54) is 64.2 Å². The molecule has 0 rings (SSSR count). The number of rotatable bonds is 15. The second kappa shape index (κ2) is 16.9. The van der Waals surface area contributed by atoms with Crippen LogP contribution in [0.5, 0.6) is 0 Å². The minimum absolute atomic E-state index is 0.0986. The highest BCUT2D eigenvalue weighted by Gasteiger charge is 1.93. The van der Waals surface area contributed by atoms with Gasteiger partial charge in [0.05, 0.1) is 6.61 Å². The minimum Gasteiger partial charge on any atom is -0.381 e. The fourth-order valence-electron chi connectivity index (χ4n) is 2.10. The van der Waals surface area contributed by atoms with Gasteiger partial charge >= 0.3 is 0 Å².